The Morgan fingerprint density at radius 2 is 1.75 bits per heavy atom. The van der Waals surface area contributed by atoms with Gasteiger partial charge in [-0.15, -0.1) is 0 Å². The summed E-state index contributed by atoms with van der Waals surface area (Å²) in [6.07, 6.45) is 1.32. The number of rotatable bonds is 5. The molecular weight excluding hydrogens is 372 g/mol. The number of benzene rings is 2. The van der Waals surface area contributed by atoms with Gasteiger partial charge in [0.05, 0.1) is 12.7 Å². The van der Waals surface area contributed by atoms with Crippen LogP contribution in [0.1, 0.15) is 21.5 Å². The van der Waals surface area contributed by atoms with E-state index in [9.17, 15) is 9.59 Å². The summed E-state index contributed by atoms with van der Waals surface area (Å²) in [5.41, 5.74) is 2.02. The van der Waals surface area contributed by atoms with E-state index in [0.29, 0.717) is 28.0 Å². The Morgan fingerprint density at radius 1 is 1.00 bits per heavy atom. The minimum Gasteiger partial charge on any atom is -0.481 e. The van der Waals surface area contributed by atoms with Crippen LogP contribution in [-0.2, 0) is 11.2 Å². The molecule has 0 atom stereocenters. The second-order valence-electron chi connectivity index (χ2n) is 5.22. The van der Waals surface area contributed by atoms with E-state index in [4.69, 9.17) is 9.52 Å². The van der Waals surface area contributed by atoms with E-state index in [2.05, 4.69) is 15.9 Å². The van der Waals surface area contributed by atoms with Crippen molar-refractivity contribution in [2.45, 2.75) is 6.42 Å². The molecule has 3 aromatic rings. The highest BCUT2D eigenvalue weighted by Crippen LogP contribution is 2.30. The van der Waals surface area contributed by atoms with Crippen molar-refractivity contribution in [3.8, 4) is 11.3 Å². The van der Waals surface area contributed by atoms with Crippen LogP contribution in [0.3, 0.4) is 0 Å². The van der Waals surface area contributed by atoms with Gasteiger partial charge in [0, 0.05) is 21.2 Å². The summed E-state index contributed by atoms with van der Waals surface area (Å²) in [5, 5.41) is 9.15. The molecule has 0 saturated heterocycles. The van der Waals surface area contributed by atoms with Crippen molar-refractivity contribution < 1.29 is 19.1 Å². The molecule has 24 heavy (non-hydrogen) atoms. The van der Waals surface area contributed by atoms with Crippen molar-refractivity contribution in [2.75, 3.05) is 0 Å². The summed E-state index contributed by atoms with van der Waals surface area (Å²) in [5.74, 6) is -0.663. The topological polar surface area (TPSA) is 67.5 Å². The molecule has 0 aliphatic heterocycles. The third kappa shape index (κ3) is 3.31. The van der Waals surface area contributed by atoms with E-state index in [1.54, 1.807) is 54.6 Å². The molecule has 2 aromatic carbocycles. The SMILES string of the molecule is O=C(O)Cc1cccc(C(=O)c2ccc(Br)cc2)c1-c1ccco1. The van der Waals surface area contributed by atoms with E-state index >= 15 is 0 Å². The Kier molecular flexibility index (Phi) is 4.62. The predicted octanol–water partition coefficient (Wildman–Crippen LogP) is 4.57. The van der Waals surface area contributed by atoms with Crippen molar-refractivity contribution >= 4 is 27.7 Å². The number of aliphatic carboxylic acids is 1. The first kappa shape index (κ1) is 16.2. The van der Waals surface area contributed by atoms with Crippen LogP contribution in [0.5, 0.6) is 0 Å². The molecule has 4 nitrogen and oxygen atoms in total. The second kappa shape index (κ2) is 6.84. The maximum Gasteiger partial charge on any atom is 0.307 e. The van der Waals surface area contributed by atoms with Gasteiger partial charge < -0.3 is 9.52 Å². The Bertz CT molecular complexity index is 880. The van der Waals surface area contributed by atoms with Crippen LogP contribution in [0.2, 0.25) is 0 Å². The Hall–Kier alpha value is -2.66. The smallest absolute Gasteiger partial charge is 0.307 e. The van der Waals surface area contributed by atoms with Crippen LogP contribution in [0, 0.1) is 0 Å². The summed E-state index contributed by atoms with van der Waals surface area (Å²) in [7, 11) is 0. The molecule has 1 heterocycles. The largest absolute Gasteiger partial charge is 0.481 e. The molecule has 0 bridgehead atoms. The number of carboxylic acids is 1. The fourth-order valence-electron chi connectivity index (χ4n) is 2.57. The van der Waals surface area contributed by atoms with Gasteiger partial charge in [0.25, 0.3) is 0 Å². The first-order valence-electron chi connectivity index (χ1n) is 7.24. The summed E-state index contributed by atoms with van der Waals surface area (Å²) in [6.45, 7) is 0. The summed E-state index contributed by atoms with van der Waals surface area (Å²) >= 11 is 3.34. The standard InChI is InChI=1S/C19H13BrO4/c20-14-8-6-12(7-9-14)19(23)15-4-1-3-13(11-17(21)22)18(15)16-5-2-10-24-16/h1-10H,11H2,(H,21,22). The van der Waals surface area contributed by atoms with Crippen LogP contribution < -0.4 is 0 Å². The van der Waals surface area contributed by atoms with Crippen molar-refractivity contribution in [3.05, 3.63) is 82.0 Å². The maximum absolute atomic E-state index is 12.9. The van der Waals surface area contributed by atoms with E-state index in [1.807, 2.05) is 0 Å². The summed E-state index contributed by atoms with van der Waals surface area (Å²) < 4.78 is 6.31. The molecule has 0 amide bonds. The highest BCUT2D eigenvalue weighted by Gasteiger charge is 2.20. The number of furan rings is 1. The number of hydrogen-bond acceptors (Lipinski definition) is 3. The lowest BCUT2D eigenvalue weighted by Crippen LogP contribution is -2.08. The molecule has 0 aliphatic carbocycles. The molecule has 0 saturated carbocycles. The van der Waals surface area contributed by atoms with E-state index in [-0.39, 0.29) is 12.2 Å². The monoisotopic (exact) mass is 384 g/mol. The van der Waals surface area contributed by atoms with Gasteiger partial charge in [0.2, 0.25) is 0 Å². The van der Waals surface area contributed by atoms with E-state index in [1.165, 1.54) is 6.26 Å². The van der Waals surface area contributed by atoms with Gasteiger partial charge in [-0.1, -0.05) is 34.1 Å². The molecule has 1 N–H and O–H groups in total. The van der Waals surface area contributed by atoms with Gasteiger partial charge in [-0.05, 0) is 42.0 Å². The van der Waals surface area contributed by atoms with Gasteiger partial charge in [0.15, 0.2) is 5.78 Å². The quantitative estimate of drug-likeness (QED) is 0.654. The predicted molar refractivity (Wildman–Crippen MR) is 93.1 cm³/mol. The van der Waals surface area contributed by atoms with Crippen molar-refractivity contribution in [1.82, 2.24) is 0 Å². The molecule has 120 valence electrons. The molecule has 1 aromatic heterocycles. The molecule has 0 spiro atoms. The van der Waals surface area contributed by atoms with Crippen LogP contribution in [0.15, 0.2) is 69.8 Å². The van der Waals surface area contributed by atoms with Gasteiger partial charge in [-0.3, -0.25) is 9.59 Å². The van der Waals surface area contributed by atoms with Crippen molar-refractivity contribution in [1.29, 1.82) is 0 Å². The number of halogens is 1. The third-order valence-corrected chi connectivity index (χ3v) is 4.14. The first-order chi connectivity index (χ1) is 11.6. The average molecular weight is 385 g/mol. The lowest BCUT2D eigenvalue weighted by atomic mass is 9.92. The highest BCUT2D eigenvalue weighted by molar-refractivity contribution is 9.10. The lowest BCUT2D eigenvalue weighted by molar-refractivity contribution is -0.136. The zero-order valence-corrected chi connectivity index (χ0v) is 14.1. The number of carbonyl (C=O) groups excluding carboxylic acids is 1. The fraction of sp³-hybridized carbons (Fsp3) is 0.0526. The van der Waals surface area contributed by atoms with Crippen molar-refractivity contribution in [2.24, 2.45) is 0 Å². The number of carboxylic acid groups (broad SMARTS) is 1. The molecule has 0 unspecified atom stereocenters. The lowest BCUT2D eigenvalue weighted by Gasteiger charge is -2.11. The van der Waals surface area contributed by atoms with E-state index < -0.39 is 5.97 Å². The molecule has 3 rings (SSSR count). The Morgan fingerprint density at radius 3 is 2.38 bits per heavy atom. The van der Waals surface area contributed by atoms with Crippen molar-refractivity contribution in [3.63, 3.8) is 0 Å². The van der Waals surface area contributed by atoms with Gasteiger partial charge >= 0.3 is 5.97 Å². The summed E-state index contributed by atoms with van der Waals surface area (Å²) in [6, 6.07) is 15.5. The van der Waals surface area contributed by atoms with Gasteiger partial charge in [-0.25, -0.2) is 0 Å². The van der Waals surface area contributed by atoms with Crippen LogP contribution >= 0.6 is 15.9 Å². The molecule has 5 heteroatoms. The minimum atomic E-state index is -0.962. The van der Waals surface area contributed by atoms with E-state index in [0.717, 1.165) is 4.47 Å². The molecule has 0 aliphatic rings. The Labute approximate surface area is 146 Å². The molecule has 0 fully saturated rings. The third-order valence-electron chi connectivity index (χ3n) is 3.61. The van der Waals surface area contributed by atoms with Gasteiger partial charge in [0.1, 0.15) is 5.76 Å². The normalized spacial score (nSPS) is 10.5. The minimum absolute atomic E-state index is 0.180. The van der Waals surface area contributed by atoms with Crippen LogP contribution in [0.4, 0.5) is 0 Å². The fourth-order valence-corrected chi connectivity index (χ4v) is 2.83. The molecule has 0 radical (unpaired) electrons. The number of hydrogen-bond donors (Lipinski definition) is 1. The number of ketones is 1. The average Bonchev–Trinajstić information content (AvgIpc) is 3.08. The second-order valence-corrected chi connectivity index (χ2v) is 6.14. The maximum atomic E-state index is 12.9. The van der Waals surface area contributed by atoms with Crippen LogP contribution in [0.25, 0.3) is 11.3 Å². The number of carbonyl (C=O) groups is 2. The van der Waals surface area contributed by atoms with Crippen LogP contribution in [-0.4, -0.2) is 16.9 Å². The first-order valence-corrected chi connectivity index (χ1v) is 8.03. The Balaban J connectivity index is 2.15. The highest BCUT2D eigenvalue weighted by atomic mass is 79.9. The summed E-state index contributed by atoms with van der Waals surface area (Å²) in [4.78, 5) is 24.1. The zero-order chi connectivity index (χ0) is 17.1. The zero-order valence-electron chi connectivity index (χ0n) is 12.5. The molecular formula is C19H13BrO4. The van der Waals surface area contributed by atoms with Gasteiger partial charge in [-0.2, -0.15) is 0 Å².